The Morgan fingerprint density at radius 3 is 1.76 bits per heavy atom. The zero-order valence-electron chi connectivity index (χ0n) is 38.5. The molecule has 0 spiro atoms. The van der Waals surface area contributed by atoms with E-state index in [4.69, 9.17) is 29.4 Å². The molecule has 0 aromatic rings. The van der Waals surface area contributed by atoms with Crippen LogP contribution in [0, 0.1) is 17.8 Å². The third kappa shape index (κ3) is 18.2. The van der Waals surface area contributed by atoms with E-state index in [-0.39, 0.29) is 38.0 Å². The van der Waals surface area contributed by atoms with Gasteiger partial charge in [-0.2, -0.15) is 0 Å². The summed E-state index contributed by atoms with van der Waals surface area (Å²) in [5, 5.41) is 108. The van der Waals surface area contributed by atoms with E-state index >= 15 is 0 Å². The van der Waals surface area contributed by atoms with Crippen LogP contribution in [-0.2, 0) is 33.3 Å². The molecule has 12 N–H and O–H groups in total. The van der Waals surface area contributed by atoms with E-state index in [9.17, 15) is 60.7 Å². The molecule has 18 nitrogen and oxygen atoms in total. The number of aliphatic hydroxyl groups is 10. The Hall–Kier alpha value is -3.44. The van der Waals surface area contributed by atoms with Crippen molar-refractivity contribution in [2.75, 3.05) is 7.11 Å². The first-order chi connectivity index (χ1) is 31.2. The van der Waals surface area contributed by atoms with E-state index in [1.165, 1.54) is 0 Å². The maximum atomic E-state index is 13.1. The van der Waals surface area contributed by atoms with Crippen molar-refractivity contribution in [3.8, 4) is 0 Å². The molecule has 2 fully saturated rings. The number of fused-ring (bicyclic) bond motifs is 2. The van der Waals surface area contributed by atoms with Crippen molar-refractivity contribution < 1.29 is 84.3 Å². The number of cyclic esters (lactones) is 1. The number of allylic oxidation sites excluding steroid dienone is 12. The predicted molar refractivity (Wildman–Crippen MR) is 242 cm³/mol. The van der Waals surface area contributed by atoms with E-state index in [0.717, 1.165) is 7.11 Å². The fraction of sp³-hybridized carbons (Fsp3) is 0.667. The Balaban J connectivity index is 1.88. The molecule has 2 saturated heterocycles. The van der Waals surface area contributed by atoms with Gasteiger partial charge in [-0.1, -0.05) is 98.9 Å². The summed E-state index contributed by atoms with van der Waals surface area (Å²) < 4.78 is 28.5. The highest BCUT2D eigenvalue weighted by Gasteiger charge is 2.48. The number of nitrogens with two attached hydrogens (primary N) is 1. The number of hydrogen-bond donors (Lipinski definition) is 11. The Morgan fingerprint density at radius 2 is 1.17 bits per heavy atom. The molecule has 3 rings (SSSR count). The smallest absolute Gasteiger partial charge is 0.313 e. The minimum atomic E-state index is -1.75. The molecule has 66 heavy (non-hydrogen) atoms. The van der Waals surface area contributed by atoms with Gasteiger partial charge in [0.15, 0.2) is 6.29 Å². The lowest BCUT2D eigenvalue weighted by atomic mass is 9.83. The maximum Gasteiger partial charge on any atom is 0.313 e. The van der Waals surface area contributed by atoms with Crippen molar-refractivity contribution in [2.45, 2.75) is 177 Å². The highest BCUT2D eigenvalue weighted by atomic mass is 16.7. The lowest BCUT2D eigenvalue weighted by Gasteiger charge is -2.43. The molecular weight excluding hydrogens is 863 g/mol. The molecule has 0 radical (unpaired) electrons. The van der Waals surface area contributed by atoms with Gasteiger partial charge in [0.2, 0.25) is 0 Å². The van der Waals surface area contributed by atoms with Crippen molar-refractivity contribution in [1.82, 2.24) is 0 Å². The molecule has 3 heterocycles. The molecule has 0 saturated carbocycles. The van der Waals surface area contributed by atoms with Gasteiger partial charge in [0.25, 0.3) is 0 Å². The van der Waals surface area contributed by atoms with Crippen LogP contribution in [0.3, 0.4) is 0 Å². The number of hydrogen-bond acceptors (Lipinski definition) is 18. The molecule has 1 unspecified atom stereocenters. The summed E-state index contributed by atoms with van der Waals surface area (Å²) in [7, 11) is 1.13. The lowest BCUT2D eigenvalue weighted by molar-refractivity contribution is -0.280. The minimum absolute atomic E-state index is 0.108. The quantitative estimate of drug-likeness (QED) is 0.171. The van der Waals surface area contributed by atoms with Crippen LogP contribution in [0.4, 0.5) is 0 Å². The molecule has 0 aromatic heterocycles. The second kappa shape index (κ2) is 28.8. The standard InChI is InChI=1S/C48H75NO17/c1-27-18-16-14-12-10-8-6-7-9-11-13-15-17-19-33(65-48-46(60)42(49)44(58)30(4)64-48)24-38-41(47(61)62-5)36(54)26-39(66-38)45(59)37(55)25-35(53)34(52)21-20-31(50)22-32(51)23-40(56)63-29(3)28(2)43(27)57/h6-19,27-39,41-46,48,50-55,57-60H,20-26,49H2,1-5H3/b7-6+,10-8+,11-9+,14-12+,15-13+,18-16+,19-17+/t27-,28-,29-,30+,31+,32+,33-,34+,35+,36-,37-,38-,39?,41+,42-,43+,44+,45+,46-,48+/m0/s1. The van der Waals surface area contributed by atoms with Crippen LogP contribution in [0.5, 0.6) is 0 Å². The normalized spacial score (nSPS) is 44.9. The van der Waals surface area contributed by atoms with Gasteiger partial charge in [-0.3, -0.25) is 9.59 Å². The van der Waals surface area contributed by atoms with Gasteiger partial charge in [-0.25, -0.2) is 0 Å². The number of carbonyl (C=O) groups is 2. The van der Waals surface area contributed by atoms with Gasteiger partial charge in [0.05, 0.1) is 92.8 Å². The molecule has 3 aliphatic rings. The van der Waals surface area contributed by atoms with Crippen LogP contribution in [-0.4, -0.2) is 174 Å². The summed E-state index contributed by atoms with van der Waals surface area (Å²) in [4.78, 5) is 25.7. The molecule has 2 bridgehead atoms. The summed E-state index contributed by atoms with van der Waals surface area (Å²) in [5.74, 6) is -3.58. The van der Waals surface area contributed by atoms with E-state index in [2.05, 4.69) is 0 Å². The number of carbonyl (C=O) groups excluding carboxylic acids is 2. The van der Waals surface area contributed by atoms with Gasteiger partial charge in [0.1, 0.15) is 24.2 Å². The first-order valence-electron chi connectivity index (χ1n) is 22.7. The highest BCUT2D eigenvalue weighted by Crippen LogP contribution is 2.34. The molecule has 0 amide bonds. The lowest BCUT2D eigenvalue weighted by Crippen LogP contribution is -2.61. The number of rotatable bonds is 3. The SMILES string of the molecule is COC(=O)[C@H]1[C@@H]2C[C@@H](O[C@H]3O[C@H](C)[C@@H](O)[C@H](N)[C@@H]3O)/C=C/C=C/C=C/C=C/C=C/C=C/C=C/[C@H](C)[C@@H](O)[C@@H](C)[C@H](C)OC(=O)C[C@H](O)C[C@H](O)CC[C@@H](O)[C@H](O)C[C@H](O)[C@@H](O)C(C[C@@H]1O)O2. The van der Waals surface area contributed by atoms with Crippen molar-refractivity contribution in [3.05, 3.63) is 85.1 Å². The van der Waals surface area contributed by atoms with E-state index in [0.29, 0.717) is 0 Å². The van der Waals surface area contributed by atoms with Gasteiger partial charge in [0, 0.05) is 31.1 Å². The Kier molecular flexibility index (Phi) is 24.8. The second-order valence-corrected chi connectivity index (χ2v) is 17.6. The Labute approximate surface area is 387 Å². The minimum Gasteiger partial charge on any atom is -0.469 e. The summed E-state index contributed by atoms with van der Waals surface area (Å²) in [6.45, 7) is 6.78. The number of ether oxygens (including phenoxy) is 5. The zero-order chi connectivity index (χ0) is 49.1. The topological polar surface area (TPSA) is 309 Å². The summed E-state index contributed by atoms with van der Waals surface area (Å²) in [5.41, 5.74) is 6.05. The first kappa shape index (κ1) is 56.9. The maximum absolute atomic E-state index is 13.1. The van der Waals surface area contributed by atoms with Gasteiger partial charge < -0.3 is 80.5 Å². The molecule has 3 aliphatic heterocycles. The second-order valence-electron chi connectivity index (χ2n) is 17.6. The average molecular weight is 938 g/mol. The summed E-state index contributed by atoms with van der Waals surface area (Å²) in [6.07, 6.45) is 2.25. The number of aliphatic hydroxyl groups excluding tert-OH is 10. The molecule has 0 aromatic carbocycles. The van der Waals surface area contributed by atoms with Crippen LogP contribution < -0.4 is 5.73 Å². The Bertz CT molecular complexity index is 1670. The Morgan fingerprint density at radius 1 is 0.591 bits per heavy atom. The van der Waals surface area contributed by atoms with Gasteiger partial charge in [-0.05, 0) is 33.1 Å². The molecular formula is C48H75NO17. The van der Waals surface area contributed by atoms with Gasteiger partial charge in [-0.15, -0.1) is 0 Å². The van der Waals surface area contributed by atoms with Crippen molar-refractivity contribution >= 4 is 11.9 Å². The fourth-order valence-corrected chi connectivity index (χ4v) is 7.98. The fourth-order valence-electron chi connectivity index (χ4n) is 7.98. The average Bonchev–Trinajstić information content (AvgIpc) is 3.27. The van der Waals surface area contributed by atoms with Crippen LogP contribution in [0.15, 0.2) is 85.1 Å². The van der Waals surface area contributed by atoms with Crippen molar-refractivity contribution in [3.63, 3.8) is 0 Å². The predicted octanol–water partition coefficient (Wildman–Crippen LogP) is 0.451. The monoisotopic (exact) mass is 938 g/mol. The first-order valence-corrected chi connectivity index (χ1v) is 22.7. The largest absolute Gasteiger partial charge is 0.469 e. The number of esters is 2. The van der Waals surface area contributed by atoms with Crippen molar-refractivity contribution in [2.24, 2.45) is 23.5 Å². The third-order valence-corrected chi connectivity index (χ3v) is 12.3. The van der Waals surface area contributed by atoms with E-state index < -0.39 is 141 Å². The third-order valence-electron chi connectivity index (χ3n) is 12.3. The summed E-state index contributed by atoms with van der Waals surface area (Å²) in [6, 6.07) is -1.12. The van der Waals surface area contributed by atoms with Crippen LogP contribution in [0.25, 0.3) is 0 Å². The van der Waals surface area contributed by atoms with E-state index in [1.807, 2.05) is 37.3 Å². The molecule has 374 valence electrons. The van der Waals surface area contributed by atoms with Crippen molar-refractivity contribution in [1.29, 1.82) is 0 Å². The highest BCUT2D eigenvalue weighted by molar-refractivity contribution is 5.74. The number of methoxy groups -OCH3 is 1. The van der Waals surface area contributed by atoms with Gasteiger partial charge >= 0.3 is 11.9 Å². The molecule has 0 aliphatic carbocycles. The van der Waals surface area contributed by atoms with Crippen LogP contribution in [0.2, 0.25) is 0 Å². The molecule has 18 heteroatoms. The van der Waals surface area contributed by atoms with Crippen LogP contribution >= 0.6 is 0 Å². The van der Waals surface area contributed by atoms with E-state index in [1.54, 1.807) is 75.5 Å². The molecule has 20 atom stereocenters. The van der Waals surface area contributed by atoms with Crippen LogP contribution in [0.1, 0.15) is 72.6 Å². The zero-order valence-corrected chi connectivity index (χ0v) is 38.5. The summed E-state index contributed by atoms with van der Waals surface area (Å²) >= 11 is 0.